The van der Waals surface area contributed by atoms with Gasteiger partial charge in [-0.25, -0.2) is 4.98 Å². The molecule has 52 heavy (non-hydrogen) atoms. The van der Waals surface area contributed by atoms with Crippen molar-refractivity contribution in [3.05, 3.63) is 125 Å². The molecule has 0 bridgehead atoms. The number of rotatable bonds is 6. The van der Waals surface area contributed by atoms with Crippen LogP contribution in [0.2, 0.25) is 0 Å². The van der Waals surface area contributed by atoms with E-state index in [0.717, 1.165) is 50.3 Å². The van der Waals surface area contributed by atoms with Gasteiger partial charge in [-0.3, -0.25) is 4.68 Å². The first-order valence-corrected chi connectivity index (χ1v) is 17.6. The number of para-hydroxylation sites is 1. The number of aromatic nitrogens is 4. The standard InChI is InChI=1S/C45H47N5O.Pt/c1-28-21-22-46-39(23-28)49-37-18-13-12-17-35(37)36-20-19-34(27-38(36)49)51-33-16-14-15-31(26-33)50-43(45(7,8)9)41(42(47-50)44(4,5)6)40-29(2)24-32(48(10)11)25-30(40)3;/h12-25H,1-11H3;/q-2;+2. The smallest absolute Gasteiger partial charge is 0.509 e. The summed E-state index contributed by atoms with van der Waals surface area (Å²) in [6.45, 7) is 20.1. The third-order valence-electron chi connectivity index (χ3n) is 9.48. The van der Waals surface area contributed by atoms with E-state index in [1.165, 1.54) is 27.9 Å². The average molecular weight is 869 g/mol. The Morgan fingerprint density at radius 1 is 0.712 bits per heavy atom. The van der Waals surface area contributed by atoms with Crippen LogP contribution in [0, 0.1) is 32.9 Å². The second-order valence-corrected chi connectivity index (χ2v) is 16.0. The van der Waals surface area contributed by atoms with Crippen LogP contribution >= 0.6 is 0 Å². The van der Waals surface area contributed by atoms with Gasteiger partial charge in [0.2, 0.25) is 0 Å². The summed E-state index contributed by atoms with van der Waals surface area (Å²) < 4.78 is 10.8. The summed E-state index contributed by atoms with van der Waals surface area (Å²) in [6, 6.07) is 34.3. The fraction of sp³-hybridized carbons (Fsp3) is 0.289. The third kappa shape index (κ3) is 6.70. The summed E-state index contributed by atoms with van der Waals surface area (Å²) in [5, 5.41) is 7.64. The Kier molecular flexibility index (Phi) is 9.78. The van der Waals surface area contributed by atoms with Gasteiger partial charge in [0, 0.05) is 59.4 Å². The Bertz CT molecular complexity index is 2410. The molecule has 0 fully saturated rings. The number of benzene rings is 4. The zero-order valence-electron chi connectivity index (χ0n) is 32.0. The quantitative estimate of drug-likeness (QED) is 0.156. The number of aryl methyl sites for hydroxylation is 3. The first kappa shape index (κ1) is 37.1. The molecule has 0 aliphatic carbocycles. The van der Waals surface area contributed by atoms with Gasteiger partial charge in [0.1, 0.15) is 5.82 Å². The molecular weight excluding hydrogens is 822 g/mol. The molecule has 0 saturated heterocycles. The molecule has 0 aliphatic rings. The number of fused-ring (bicyclic) bond motifs is 3. The maximum Gasteiger partial charge on any atom is 2.00 e. The van der Waals surface area contributed by atoms with E-state index in [0.29, 0.717) is 11.5 Å². The zero-order valence-corrected chi connectivity index (χ0v) is 34.3. The Morgan fingerprint density at radius 2 is 1.40 bits per heavy atom. The van der Waals surface area contributed by atoms with Gasteiger partial charge in [-0.15, -0.1) is 35.7 Å². The molecule has 4 aromatic carbocycles. The van der Waals surface area contributed by atoms with Crippen LogP contribution < -0.4 is 9.64 Å². The molecule has 7 heteroatoms. The summed E-state index contributed by atoms with van der Waals surface area (Å²) in [5.41, 5.74) is 11.8. The number of hydrogen-bond acceptors (Lipinski definition) is 4. The van der Waals surface area contributed by atoms with Crippen LogP contribution in [0.25, 0.3) is 44.4 Å². The maximum atomic E-state index is 6.56. The van der Waals surface area contributed by atoms with Crippen molar-refractivity contribution < 1.29 is 25.8 Å². The molecule has 6 nitrogen and oxygen atoms in total. The average Bonchev–Trinajstić information content (AvgIpc) is 3.62. The summed E-state index contributed by atoms with van der Waals surface area (Å²) >= 11 is 0. The van der Waals surface area contributed by atoms with Crippen molar-refractivity contribution in [2.24, 2.45) is 0 Å². The largest absolute Gasteiger partial charge is 2.00 e. The van der Waals surface area contributed by atoms with E-state index >= 15 is 0 Å². The van der Waals surface area contributed by atoms with Crippen LogP contribution in [-0.4, -0.2) is 33.4 Å². The Hall–Kier alpha value is -4.67. The number of nitrogens with zero attached hydrogens (tertiary/aromatic N) is 5. The maximum absolute atomic E-state index is 6.56. The van der Waals surface area contributed by atoms with Gasteiger partial charge in [-0.2, -0.15) is 17.2 Å². The van der Waals surface area contributed by atoms with Crippen LogP contribution in [0.5, 0.6) is 11.5 Å². The molecule has 0 saturated carbocycles. The van der Waals surface area contributed by atoms with Crippen molar-refractivity contribution in [1.82, 2.24) is 19.3 Å². The fourth-order valence-corrected chi connectivity index (χ4v) is 7.19. The molecule has 0 atom stereocenters. The van der Waals surface area contributed by atoms with Crippen LogP contribution in [0.15, 0.2) is 85.1 Å². The summed E-state index contributed by atoms with van der Waals surface area (Å²) in [5.74, 6) is 2.05. The van der Waals surface area contributed by atoms with Crippen molar-refractivity contribution in [3.8, 4) is 34.1 Å². The van der Waals surface area contributed by atoms with E-state index in [-0.39, 0.29) is 31.9 Å². The van der Waals surface area contributed by atoms with Gasteiger partial charge in [0.05, 0.1) is 11.4 Å². The van der Waals surface area contributed by atoms with Gasteiger partial charge < -0.3 is 14.2 Å². The Labute approximate surface area is 322 Å². The Balaban J connectivity index is 0.00000464. The van der Waals surface area contributed by atoms with E-state index in [2.05, 4.69) is 157 Å². The van der Waals surface area contributed by atoms with E-state index in [1.54, 1.807) is 0 Å². The van der Waals surface area contributed by atoms with Crippen molar-refractivity contribution in [2.75, 3.05) is 19.0 Å². The molecule has 0 radical (unpaired) electrons. The normalized spacial score (nSPS) is 12.0. The summed E-state index contributed by atoms with van der Waals surface area (Å²) in [4.78, 5) is 6.89. The van der Waals surface area contributed by atoms with Crippen molar-refractivity contribution >= 4 is 27.5 Å². The van der Waals surface area contributed by atoms with Gasteiger partial charge in [0.25, 0.3) is 0 Å². The molecule has 3 aromatic heterocycles. The van der Waals surface area contributed by atoms with Gasteiger partial charge in [-0.1, -0.05) is 65.3 Å². The fourth-order valence-electron chi connectivity index (χ4n) is 7.19. The predicted molar refractivity (Wildman–Crippen MR) is 211 cm³/mol. The van der Waals surface area contributed by atoms with Crippen LogP contribution in [0.4, 0.5) is 5.69 Å². The Morgan fingerprint density at radius 3 is 2.06 bits per heavy atom. The van der Waals surface area contributed by atoms with Crippen molar-refractivity contribution in [3.63, 3.8) is 0 Å². The first-order chi connectivity index (χ1) is 24.1. The van der Waals surface area contributed by atoms with E-state index in [4.69, 9.17) is 14.8 Å². The zero-order chi connectivity index (χ0) is 36.4. The van der Waals surface area contributed by atoms with Crippen LogP contribution in [0.1, 0.15) is 69.6 Å². The van der Waals surface area contributed by atoms with Crippen molar-refractivity contribution in [2.45, 2.75) is 73.1 Å². The van der Waals surface area contributed by atoms with Gasteiger partial charge in [0.15, 0.2) is 0 Å². The number of ether oxygens (including phenoxy) is 1. The number of hydrogen-bond donors (Lipinski definition) is 0. The van der Waals surface area contributed by atoms with Gasteiger partial charge >= 0.3 is 21.1 Å². The molecule has 0 amide bonds. The first-order valence-electron chi connectivity index (χ1n) is 17.6. The van der Waals surface area contributed by atoms with Crippen molar-refractivity contribution in [1.29, 1.82) is 0 Å². The minimum atomic E-state index is -0.230. The number of pyridine rings is 1. The molecule has 3 heterocycles. The molecule has 0 aliphatic heterocycles. The second-order valence-electron chi connectivity index (χ2n) is 16.0. The van der Waals surface area contributed by atoms with E-state index < -0.39 is 0 Å². The second kappa shape index (κ2) is 13.7. The van der Waals surface area contributed by atoms with E-state index in [9.17, 15) is 0 Å². The van der Waals surface area contributed by atoms with Crippen LogP contribution in [0.3, 0.4) is 0 Å². The molecule has 0 N–H and O–H groups in total. The monoisotopic (exact) mass is 868 g/mol. The molecule has 268 valence electrons. The topological polar surface area (TPSA) is 48.1 Å². The molecule has 0 spiro atoms. The van der Waals surface area contributed by atoms with Gasteiger partial charge in [-0.05, 0) is 84.4 Å². The molecule has 7 aromatic rings. The molecular formula is C45H47N5OPt. The minimum absolute atomic E-state index is 0. The summed E-state index contributed by atoms with van der Waals surface area (Å²) in [7, 11) is 4.18. The molecule has 7 rings (SSSR count). The third-order valence-corrected chi connectivity index (χ3v) is 9.48. The number of anilines is 1. The van der Waals surface area contributed by atoms with Crippen LogP contribution in [-0.2, 0) is 31.9 Å². The molecule has 0 unspecified atom stereocenters. The summed E-state index contributed by atoms with van der Waals surface area (Å²) in [6.07, 6.45) is 1.85. The SMILES string of the molecule is Cc1ccnc(-n2c3[c-]c(Oc4[c-]c(-n5nc(C(C)(C)C)c(-c6c(C)cc(N(C)C)cc6C)c5C(C)(C)C)ccc4)ccc3c3ccccc32)c1.[Pt+2]. The van der Waals surface area contributed by atoms with E-state index in [1.807, 2.05) is 30.5 Å². The minimum Gasteiger partial charge on any atom is -0.509 e. The predicted octanol–water partition coefficient (Wildman–Crippen LogP) is 11.0.